The lowest BCUT2D eigenvalue weighted by molar-refractivity contribution is -0.124. The van der Waals surface area contributed by atoms with Crippen molar-refractivity contribution < 1.29 is 4.79 Å². The Morgan fingerprint density at radius 2 is 1.89 bits per heavy atom. The van der Waals surface area contributed by atoms with E-state index in [0.29, 0.717) is 12.0 Å². The van der Waals surface area contributed by atoms with Gasteiger partial charge in [-0.15, -0.1) is 0 Å². The molecule has 0 bridgehead atoms. The quantitative estimate of drug-likeness (QED) is 0.810. The lowest BCUT2D eigenvalue weighted by Gasteiger charge is -2.32. The van der Waals surface area contributed by atoms with E-state index in [0.717, 1.165) is 13.0 Å². The van der Waals surface area contributed by atoms with Crippen LogP contribution in [0.3, 0.4) is 0 Å². The Balaban J connectivity index is 1.84. The second-order valence-electron chi connectivity index (χ2n) is 5.92. The third kappa shape index (κ3) is 3.71. The van der Waals surface area contributed by atoms with Gasteiger partial charge in [-0.2, -0.15) is 0 Å². The van der Waals surface area contributed by atoms with E-state index in [1.807, 2.05) is 0 Å². The molecule has 104 valence electrons. The van der Waals surface area contributed by atoms with Crippen LogP contribution in [0.4, 0.5) is 0 Å². The molecule has 3 nitrogen and oxygen atoms in total. The fourth-order valence-electron chi connectivity index (χ4n) is 3.42. The molecule has 1 heterocycles. The number of hydrogen-bond donors (Lipinski definition) is 2. The highest BCUT2D eigenvalue weighted by Gasteiger charge is 2.27. The molecule has 3 heteroatoms. The summed E-state index contributed by atoms with van der Waals surface area (Å²) in [4.78, 5) is 12.3. The summed E-state index contributed by atoms with van der Waals surface area (Å²) in [5.74, 6) is 0.954. The molecule has 1 aliphatic heterocycles. The van der Waals surface area contributed by atoms with Crippen LogP contribution in [0.15, 0.2) is 0 Å². The second kappa shape index (κ2) is 7.13. The van der Waals surface area contributed by atoms with E-state index in [9.17, 15) is 4.79 Å². The van der Waals surface area contributed by atoms with Crippen LogP contribution in [-0.4, -0.2) is 24.5 Å². The molecule has 1 saturated heterocycles. The van der Waals surface area contributed by atoms with Crippen LogP contribution >= 0.6 is 0 Å². The molecule has 0 aromatic carbocycles. The number of nitrogens with one attached hydrogen (secondary N) is 2. The molecule has 0 aromatic rings. The molecule has 1 amide bonds. The minimum Gasteiger partial charge on any atom is -0.352 e. The van der Waals surface area contributed by atoms with Crippen LogP contribution in [0.5, 0.6) is 0 Å². The van der Waals surface area contributed by atoms with Gasteiger partial charge in [0.2, 0.25) is 5.91 Å². The molecule has 2 rings (SSSR count). The van der Waals surface area contributed by atoms with E-state index >= 15 is 0 Å². The second-order valence-corrected chi connectivity index (χ2v) is 5.92. The normalized spacial score (nSPS) is 33.7. The molecule has 0 radical (unpaired) electrons. The molecule has 1 aliphatic carbocycles. The molecule has 2 aliphatic rings. The van der Waals surface area contributed by atoms with E-state index in [-0.39, 0.29) is 11.9 Å². The first-order valence-corrected chi connectivity index (χ1v) is 7.85. The van der Waals surface area contributed by atoms with Crippen molar-refractivity contribution in [3.05, 3.63) is 0 Å². The van der Waals surface area contributed by atoms with Gasteiger partial charge in [0.25, 0.3) is 0 Å². The average Bonchev–Trinajstić information content (AvgIpc) is 2.68. The van der Waals surface area contributed by atoms with Crippen molar-refractivity contribution in [3.8, 4) is 0 Å². The van der Waals surface area contributed by atoms with Crippen molar-refractivity contribution in [3.63, 3.8) is 0 Å². The van der Waals surface area contributed by atoms with Gasteiger partial charge < -0.3 is 10.6 Å². The maximum absolute atomic E-state index is 12.3. The zero-order chi connectivity index (χ0) is 12.8. The topological polar surface area (TPSA) is 41.1 Å². The summed E-state index contributed by atoms with van der Waals surface area (Å²) in [6, 6.07) is 0.494. The van der Waals surface area contributed by atoms with Gasteiger partial charge in [-0.1, -0.05) is 39.0 Å². The summed E-state index contributed by atoms with van der Waals surface area (Å²) in [7, 11) is 0. The number of carbonyl (C=O) groups is 1. The Kier molecular flexibility index (Phi) is 5.48. The third-order valence-electron chi connectivity index (χ3n) is 4.64. The lowest BCUT2D eigenvalue weighted by Crippen LogP contribution is -2.50. The molecule has 3 unspecified atom stereocenters. The zero-order valence-corrected chi connectivity index (χ0v) is 11.7. The van der Waals surface area contributed by atoms with Crippen LogP contribution in [0.25, 0.3) is 0 Å². The molecule has 2 N–H and O–H groups in total. The van der Waals surface area contributed by atoms with E-state index in [4.69, 9.17) is 0 Å². The Morgan fingerprint density at radius 3 is 2.72 bits per heavy atom. The van der Waals surface area contributed by atoms with Crippen molar-refractivity contribution >= 4 is 5.91 Å². The largest absolute Gasteiger partial charge is 0.352 e. The van der Waals surface area contributed by atoms with Gasteiger partial charge in [-0.25, -0.2) is 0 Å². The Hall–Kier alpha value is -0.570. The van der Waals surface area contributed by atoms with E-state index in [1.54, 1.807) is 0 Å². The summed E-state index contributed by atoms with van der Waals surface area (Å²) >= 11 is 0. The minimum atomic E-state index is 0.0620. The fourth-order valence-corrected chi connectivity index (χ4v) is 3.42. The Morgan fingerprint density at radius 1 is 1.11 bits per heavy atom. The van der Waals surface area contributed by atoms with Crippen molar-refractivity contribution in [1.29, 1.82) is 0 Å². The van der Waals surface area contributed by atoms with Crippen molar-refractivity contribution in [2.75, 3.05) is 6.54 Å². The molecule has 0 spiro atoms. The number of hydrogen-bond acceptors (Lipinski definition) is 2. The van der Waals surface area contributed by atoms with Gasteiger partial charge in [0.05, 0.1) is 6.04 Å². The molecule has 18 heavy (non-hydrogen) atoms. The van der Waals surface area contributed by atoms with E-state index in [1.165, 1.54) is 51.4 Å². The summed E-state index contributed by atoms with van der Waals surface area (Å²) < 4.78 is 0. The van der Waals surface area contributed by atoms with Gasteiger partial charge in [0.1, 0.15) is 0 Å². The zero-order valence-electron chi connectivity index (χ0n) is 11.7. The average molecular weight is 252 g/mol. The van der Waals surface area contributed by atoms with Gasteiger partial charge >= 0.3 is 0 Å². The molecular weight excluding hydrogens is 224 g/mol. The highest BCUT2D eigenvalue weighted by Crippen LogP contribution is 2.27. The van der Waals surface area contributed by atoms with E-state index < -0.39 is 0 Å². The van der Waals surface area contributed by atoms with Crippen molar-refractivity contribution in [2.24, 2.45) is 5.92 Å². The molecule has 0 aromatic heterocycles. The smallest absolute Gasteiger partial charge is 0.237 e. The third-order valence-corrected chi connectivity index (χ3v) is 4.64. The molecule has 1 saturated carbocycles. The maximum Gasteiger partial charge on any atom is 0.237 e. The standard InChI is InChI=1S/C15H28N2O/c1-2-12-8-5-6-9-13(12)17-15(18)14-10-4-3-7-11-16-14/h12-14,16H,2-11H2,1H3,(H,17,18). The van der Waals surface area contributed by atoms with Crippen LogP contribution in [0.1, 0.15) is 64.7 Å². The maximum atomic E-state index is 12.3. The fraction of sp³-hybridized carbons (Fsp3) is 0.933. The van der Waals surface area contributed by atoms with Gasteiger partial charge in [0.15, 0.2) is 0 Å². The first kappa shape index (κ1) is 13.9. The molecular formula is C15H28N2O. The predicted octanol–water partition coefficient (Wildman–Crippen LogP) is 2.60. The number of carbonyl (C=O) groups excluding carboxylic acids is 1. The minimum absolute atomic E-state index is 0.0620. The number of rotatable bonds is 3. The predicted molar refractivity (Wildman–Crippen MR) is 74.4 cm³/mol. The number of amides is 1. The first-order chi connectivity index (χ1) is 8.81. The highest BCUT2D eigenvalue weighted by molar-refractivity contribution is 5.82. The van der Waals surface area contributed by atoms with Crippen LogP contribution in [0, 0.1) is 5.92 Å². The summed E-state index contributed by atoms with van der Waals surface area (Å²) in [6.45, 7) is 3.25. The summed E-state index contributed by atoms with van der Waals surface area (Å²) in [5.41, 5.74) is 0. The lowest BCUT2D eigenvalue weighted by atomic mass is 9.82. The van der Waals surface area contributed by atoms with Crippen molar-refractivity contribution in [1.82, 2.24) is 10.6 Å². The first-order valence-electron chi connectivity index (χ1n) is 7.85. The molecule has 3 atom stereocenters. The van der Waals surface area contributed by atoms with Crippen LogP contribution in [0.2, 0.25) is 0 Å². The SMILES string of the molecule is CCC1CCCCC1NC(=O)C1CCCCCN1. The summed E-state index contributed by atoms with van der Waals surface area (Å²) in [5, 5.41) is 6.71. The molecule has 2 fully saturated rings. The van der Waals surface area contributed by atoms with Gasteiger partial charge in [0, 0.05) is 6.04 Å². The van der Waals surface area contributed by atoms with Gasteiger partial charge in [-0.05, 0) is 38.1 Å². The summed E-state index contributed by atoms with van der Waals surface area (Å²) in [6.07, 6.45) is 11.0. The Bertz CT molecular complexity index is 259. The van der Waals surface area contributed by atoms with Crippen LogP contribution < -0.4 is 10.6 Å². The van der Waals surface area contributed by atoms with E-state index in [2.05, 4.69) is 17.6 Å². The highest BCUT2D eigenvalue weighted by atomic mass is 16.2. The van der Waals surface area contributed by atoms with Crippen molar-refractivity contribution in [2.45, 2.75) is 76.8 Å². The monoisotopic (exact) mass is 252 g/mol. The van der Waals surface area contributed by atoms with Crippen LogP contribution in [-0.2, 0) is 4.79 Å². The van der Waals surface area contributed by atoms with Gasteiger partial charge in [-0.3, -0.25) is 4.79 Å². The Labute approximate surface area is 111 Å².